The molecule has 5 nitrogen and oxygen atoms in total. The third-order valence-corrected chi connectivity index (χ3v) is 4.76. The molecular weight excluding hydrogens is 439 g/mol. The maximum atomic E-state index is 11.9. The molecule has 1 fully saturated rings. The Morgan fingerprint density at radius 2 is 1.77 bits per heavy atom. The van der Waals surface area contributed by atoms with Crippen molar-refractivity contribution in [3.63, 3.8) is 0 Å². The fraction of sp³-hybridized carbons (Fsp3) is 0.600. The van der Waals surface area contributed by atoms with Gasteiger partial charge in [-0.2, -0.15) is 0 Å². The Labute approximate surface area is 174 Å². The summed E-state index contributed by atoms with van der Waals surface area (Å²) >= 11 is 0. The lowest BCUT2D eigenvalue weighted by Crippen LogP contribution is -2.39. The molecule has 1 aliphatic carbocycles. The molecule has 2 rings (SSSR count). The van der Waals surface area contributed by atoms with Crippen LogP contribution >= 0.6 is 24.0 Å². The van der Waals surface area contributed by atoms with Gasteiger partial charge in [-0.3, -0.25) is 9.79 Å². The lowest BCUT2D eigenvalue weighted by molar-refractivity contribution is -0.121. The number of guanidine groups is 1. The van der Waals surface area contributed by atoms with Gasteiger partial charge in [0.1, 0.15) is 0 Å². The molecule has 0 aromatic heterocycles. The van der Waals surface area contributed by atoms with E-state index in [0.29, 0.717) is 19.5 Å². The van der Waals surface area contributed by atoms with Crippen molar-refractivity contribution in [2.24, 2.45) is 10.9 Å². The molecule has 1 aromatic rings. The topological polar surface area (TPSA) is 65.5 Å². The molecule has 0 bridgehead atoms. The smallest absolute Gasteiger partial charge is 0.222 e. The number of nitrogens with zero attached hydrogens (tertiary/aromatic N) is 1. The molecule has 0 aliphatic heterocycles. The first kappa shape index (κ1) is 22.7. The maximum Gasteiger partial charge on any atom is 0.222 e. The van der Waals surface area contributed by atoms with Crippen LogP contribution in [-0.4, -0.2) is 32.0 Å². The van der Waals surface area contributed by atoms with Gasteiger partial charge >= 0.3 is 0 Å². The van der Waals surface area contributed by atoms with E-state index in [9.17, 15) is 4.79 Å². The van der Waals surface area contributed by atoms with E-state index >= 15 is 0 Å². The number of benzene rings is 1. The number of rotatable bonds is 9. The Hall–Kier alpha value is -1.31. The lowest BCUT2D eigenvalue weighted by Gasteiger charge is -2.13. The molecule has 1 saturated carbocycles. The van der Waals surface area contributed by atoms with Gasteiger partial charge in [0.25, 0.3) is 0 Å². The Morgan fingerprint density at radius 1 is 1.08 bits per heavy atom. The van der Waals surface area contributed by atoms with Crippen LogP contribution in [0.4, 0.5) is 0 Å². The highest BCUT2D eigenvalue weighted by molar-refractivity contribution is 14.0. The molecule has 0 saturated heterocycles. The van der Waals surface area contributed by atoms with Crippen molar-refractivity contribution in [2.45, 2.75) is 51.5 Å². The fourth-order valence-corrected chi connectivity index (χ4v) is 3.30. The number of carbonyl (C=O) groups excluding carboxylic acids is 1. The molecular formula is C20H33IN4O. The van der Waals surface area contributed by atoms with Gasteiger partial charge in [-0.1, -0.05) is 56.0 Å². The average Bonchev–Trinajstić information content (AvgIpc) is 3.16. The third kappa shape index (κ3) is 9.40. The van der Waals surface area contributed by atoms with Crippen LogP contribution in [0, 0.1) is 5.92 Å². The highest BCUT2D eigenvalue weighted by Gasteiger charge is 2.14. The number of halogens is 1. The molecule has 0 radical (unpaired) electrons. The zero-order chi connectivity index (χ0) is 17.7. The summed E-state index contributed by atoms with van der Waals surface area (Å²) in [6.07, 6.45) is 8.57. The number of amides is 1. The second-order valence-electron chi connectivity index (χ2n) is 6.73. The van der Waals surface area contributed by atoms with Crippen LogP contribution in [0.2, 0.25) is 0 Å². The maximum absolute atomic E-state index is 11.9. The summed E-state index contributed by atoms with van der Waals surface area (Å²) in [7, 11) is 1.77. The van der Waals surface area contributed by atoms with Crippen molar-refractivity contribution in [1.29, 1.82) is 0 Å². The Morgan fingerprint density at radius 3 is 2.46 bits per heavy atom. The highest BCUT2D eigenvalue weighted by Crippen LogP contribution is 2.28. The van der Waals surface area contributed by atoms with Gasteiger partial charge in [0, 0.05) is 33.1 Å². The summed E-state index contributed by atoms with van der Waals surface area (Å²) in [5.41, 5.74) is 1.11. The molecule has 1 amide bonds. The molecule has 6 heteroatoms. The van der Waals surface area contributed by atoms with E-state index in [4.69, 9.17) is 0 Å². The van der Waals surface area contributed by atoms with Crippen molar-refractivity contribution >= 4 is 35.8 Å². The van der Waals surface area contributed by atoms with Crippen LogP contribution in [0.15, 0.2) is 35.3 Å². The van der Waals surface area contributed by atoms with Gasteiger partial charge in [0.05, 0.1) is 0 Å². The van der Waals surface area contributed by atoms with Crippen molar-refractivity contribution in [2.75, 3.05) is 20.1 Å². The summed E-state index contributed by atoms with van der Waals surface area (Å²) < 4.78 is 0. The van der Waals surface area contributed by atoms with Crippen molar-refractivity contribution < 1.29 is 4.79 Å². The molecule has 0 heterocycles. The summed E-state index contributed by atoms with van der Waals surface area (Å²) in [5.74, 6) is 1.76. The molecule has 0 atom stereocenters. The highest BCUT2D eigenvalue weighted by atomic mass is 127. The SMILES string of the molecule is CN=C(NCCCC1CCCC1)NCCC(=O)NCc1ccccc1.I. The first-order chi connectivity index (χ1) is 12.3. The summed E-state index contributed by atoms with van der Waals surface area (Å²) in [6, 6.07) is 9.95. The third-order valence-electron chi connectivity index (χ3n) is 4.76. The Bertz CT molecular complexity index is 530. The predicted octanol–water partition coefficient (Wildman–Crippen LogP) is 3.45. The summed E-state index contributed by atoms with van der Waals surface area (Å²) in [6.45, 7) is 2.10. The zero-order valence-electron chi connectivity index (χ0n) is 15.8. The van der Waals surface area contributed by atoms with E-state index in [1.54, 1.807) is 7.05 Å². The first-order valence-corrected chi connectivity index (χ1v) is 9.53. The molecule has 1 aromatic carbocycles. The quantitative estimate of drug-likeness (QED) is 0.223. The Balaban J connectivity index is 0.00000338. The van der Waals surface area contributed by atoms with Crippen molar-refractivity contribution in [1.82, 2.24) is 16.0 Å². The second-order valence-corrected chi connectivity index (χ2v) is 6.73. The van der Waals surface area contributed by atoms with E-state index in [2.05, 4.69) is 20.9 Å². The Kier molecular flexibility index (Phi) is 12.1. The van der Waals surface area contributed by atoms with Gasteiger partial charge in [-0.15, -0.1) is 24.0 Å². The zero-order valence-corrected chi connectivity index (χ0v) is 18.1. The summed E-state index contributed by atoms with van der Waals surface area (Å²) in [4.78, 5) is 16.1. The minimum Gasteiger partial charge on any atom is -0.356 e. The second kappa shape index (κ2) is 13.8. The normalized spacial score (nSPS) is 14.6. The minimum absolute atomic E-state index is 0. The molecule has 26 heavy (non-hydrogen) atoms. The summed E-state index contributed by atoms with van der Waals surface area (Å²) in [5, 5.41) is 9.47. The van der Waals surface area contributed by atoms with E-state index in [-0.39, 0.29) is 29.9 Å². The minimum atomic E-state index is 0. The number of nitrogens with one attached hydrogen (secondary N) is 3. The van der Waals surface area contributed by atoms with Crippen molar-refractivity contribution in [3.05, 3.63) is 35.9 Å². The predicted molar refractivity (Wildman–Crippen MR) is 119 cm³/mol. The lowest BCUT2D eigenvalue weighted by atomic mass is 10.0. The number of hydrogen-bond donors (Lipinski definition) is 3. The molecule has 0 unspecified atom stereocenters. The van der Waals surface area contributed by atoms with Crippen molar-refractivity contribution in [3.8, 4) is 0 Å². The van der Waals surface area contributed by atoms with E-state index in [1.807, 2.05) is 30.3 Å². The van der Waals surface area contributed by atoms with Crippen LogP contribution in [-0.2, 0) is 11.3 Å². The van der Waals surface area contributed by atoms with E-state index in [1.165, 1.54) is 38.5 Å². The molecule has 3 N–H and O–H groups in total. The van der Waals surface area contributed by atoms with Crippen LogP contribution in [0.1, 0.15) is 50.5 Å². The standard InChI is InChI=1S/C20H32N4O.HI/c1-21-20(22-14-7-12-17-8-5-6-9-17)23-15-13-19(25)24-16-18-10-3-2-4-11-18;/h2-4,10-11,17H,5-9,12-16H2,1H3,(H,24,25)(H2,21,22,23);1H. The van der Waals surface area contributed by atoms with Crippen LogP contribution in [0.25, 0.3) is 0 Å². The van der Waals surface area contributed by atoms with Gasteiger partial charge in [0.15, 0.2) is 5.96 Å². The largest absolute Gasteiger partial charge is 0.356 e. The average molecular weight is 472 g/mol. The van der Waals surface area contributed by atoms with E-state index in [0.717, 1.165) is 24.0 Å². The molecule has 0 spiro atoms. The van der Waals surface area contributed by atoms with Gasteiger partial charge in [-0.25, -0.2) is 0 Å². The fourth-order valence-electron chi connectivity index (χ4n) is 3.30. The van der Waals surface area contributed by atoms with Crippen LogP contribution in [0.3, 0.4) is 0 Å². The first-order valence-electron chi connectivity index (χ1n) is 9.53. The van der Waals surface area contributed by atoms with Gasteiger partial charge < -0.3 is 16.0 Å². The van der Waals surface area contributed by atoms with Crippen LogP contribution in [0.5, 0.6) is 0 Å². The van der Waals surface area contributed by atoms with Crippen LogP contribution < -0.4 is 16.0 Å². The van der Waals surface area contributed by atoms with E-state index < -0.39 is 0 Å². The number of aliphatic imine (C=N–C) groups is 1. The number of hydrogen-bond acceptors (Lipinski definition) is 2. The van der Waals surface area contributed by atoms with Gasteiger partial charge in [-0.05, 0) is 24.3 Å². The molecule has 1 aliphatic rings. The monoisotopic (exact) mass is 472 g/mol. The van der Waals surface area contributed by atoms with Gasteiger partial charge in [0.2, 0.25) is 5.91 Å². The molecule has 146 valence electrons. The number of carbonyl (C=O) groups is 1.